The highest BCUT2D eigenvalue weighted by atomic mass is 16.5. The molecule has 2 aliphatic rings. The molecule has 0 bridgehead atoms. The van der Waals surface area contributed by atoms with Gasteiger partial charge >= 0.3 is 0 Å². The van der Waals surface area contributed by atoms with Gasteiger partial charge in [-0.25, -0.2) is 0 Å². The number of pyridine rings is 1. The van der Waals surface area contributed by atoms with E-state index in [1.165, 1.54) is 12.8 Å². The second-order valence-corrected chi connectivity index (χ2v) is 7.71. The van der Waals surface area contributed by atoms with Gasteiger partial charge in [0.05, 0.1) is 7.11 Å². The molecule has 0 spiro atoms. The number of carbonyl (C=O) groups is 1. The van der Waals surface area contributed by atoms with Gasteiger partial charge in [0.1, 0.15) is 5.75 Å². The third kappa shape index (κ3) is 3.86. The molecule has 2 aromatic rings. The van der Waals surface area contributed by atoms with Crippen LogP contribution in [0.1, 0.15) is 37.7 Å². The molecule has 1 saturated heterocycles. The summed E-state index contributed by atoms with van der Waals surface area (Å²) in [5.74, 6) is 1.33. The van der Waals surface area contributed by atoms with E-state index in [-0.39, 0.29) is 17.5 Å². The molecular formula is C21H27N3O3. The molecular weight excluding hydrogens is 342 g/mol. The number of hydrogen-bond acceptors (Lipinski definition) is 4. The number of benzene rings is 1. The van der Waals surface area contributed by atoms with Gasteiger partial charge in [-0.15, -0.1) is 0 Å². The highest BCUT2D eigenvalue weighted by molar-refractivity contribution is 5.80. The summed E-state index contributed by atoms with van der Waals surface area (Å²) in [5.41, 5.74) is 1.44. The molecule has 6 heteroatoms. The molecule has 2 fully saturated rings. The van der Waals surface area contributed by atoms with Crippen LogP contribution < -0.4 is 15.6 Å². The largest absolute Gasteiger partial charge is 0.497 e. The van der Waals surface area contributed by atoms with Crippen molar-refractivity contribution in [1.29, 1.82) is 0 Å². The van der Waals surface area contributed by atoms with Gasteiger partial charge in [0.25, 0.3) is 5.56 Å². The Hall–Kier alpha value is -2.34. The number of carbonyl (C=O) groups excluding carboxylic acids is 1. The van der Waals surface area contributed by atoms with E-state index in [1.807, 2.05) is 29.2 Å². The van der Waals surface area contributed by atoms with E-state index >= 15 is 0 Å². The van der Waals surface area contributed by atoms with E-state index in [9.17, 15) is 9.59 Å². The predicted octanol–water partition coefficient (Wildman–Crippen LogP) is 2.42. The molecule has 144 valence electrons. The Morgan fingerprint density at radius 1 is 1.26 bits per heavy atom. The standard InChI is InChI=1S/C21H27N3O3/c1-27-18-6-7-19-15(11-18)10-16(20(25)23-19)12-22-17-8-9-24(13-17)21(26)14-4-2-3-5-14/h6-7,10-11,14,17,22H,2-5,8-9,12-13H2,1H3,(H,23,25). The lowest BCUT2D eigenvalue weighted by Crippen LogP contribution is -2.37. The summed E-state index contributed by atoms with van der Waals surface area (Å²) < 4.78 is 5.26. The molecule has 1 aliphatic carbocycles. The van der Waals surface area contributed by atoms with Crippen molar-refractivity contribution in [2.45, 2.75) is 44.7 Å². The molecule has 1 aromatic heterocycles. The number of H-pyrrole nitrogens is 1. The number of nitrogens with zero attached hydrogens (tertiary/aromatic N) is 1. The number of fused-ring (bicyclic) bond motifs is 1. The van der Waals surface area contributed by atoms with Gasteiger partial charge in [-0.1, -0.05) is 12.8 Å². The van der Waals surface area contributed by atoms with Gasteiger partial charge in [-0.05, 0) is 43.5 Å². The molecule has 2 heterocycles. The fraction of sp³-hybridized carbons (Fsp3) is 0.524. The first kappa shape index (κ1) is 18.0. The summed E-state index contributed by atoms with van der Waals surface area (Å²) in [7, 11) is 1.63. The second-order valence-electron chi connectivity index (χ2n) is 7.71. The molecule has 1 atom stereocenters. The minimum atomic E-state index is -0.0722. The van der Waals surface area contributed by atoms with Crippen LogP contribution in [0, 0.1) is 5.92 Å². The average molecular weight is 369 g/mol. The van der Waals surface area contributed by atoms with Gasteiger partial charge < -0.3 is 19.9 Å². The first-order chi connectivity index (χ1) is 13.1. The zero-order chi connectivity index (χ0) is 18.8. The number of hydrogen-bond donors (Lipinski definition) is 2. The number of ether oxygens (including phenoxy) is 1. The number of nitrogens with one attached hydrogen (secondary N) is 2. The topological polar surface area (TPSA) is 74.4 Å². The molecule has 1 aromatic carbocycles. The van der Waals surface area contributed by atoms with Crippen LogP contribution in [0.5, 0.6) is 5.75 Å². The van der Waals surface area contributed by atoms with Crippen molar-refractivity contribution in [3.8, 4) is 5.75 Å². The summed E-state index contributed by atoms with van der Waals surface area (Å²) in [6.45, 7) is 2.06. The minimum absolute atomic E-state index is 0.0722. The zero-order valence-corrected chi connectivity index (χ0v) is 15.8. The van der Waals surface area contributed by atoms with Crippen molar-refractivity contribution in [3.63, 3.8) is 0 Å². The lowest BCUT2D eigenvalue weighted by molar-refractivity contribution is -0.134. The molecule has 1 unspecified atom stereocenters. The zero-order valence-electron chi connectivity index (χ0n) is 15.8. The van der Waals surface area contributed by atoms with E-state index < -0.39 is 0 Å². The summed E-state index contributed by atoms with van der Waals surface area (Å²) in [5, 5.41) is 4.42. The Labute approximate surface area is 158 Å². The molecule has 4 rings (SSSR count). The highest BCUT2D eigenvalue weighted by Gasteiger charge is 2.32. The van der Waals surface area contributed by atoms with E-state index in [1.54, 1.807) is 7.11 Å². The Balaban J connectivity index is 1.39. The van der Waals surface area contributed by atoms with Crippen molar-refractivity contribution < 1.29 is 9.53 Å². The molecule has 2 N–H and O–H groups in total. The van der Waals surface area contributed by atoms with Crippen LogP contribution in [-0.4, -0.2) is 42.0 Å². The summed E-state index contributed by atoms with van der Waals surface area (Å²) in [6.07, 6.45) is 5.40. The van der Waals surface area contributed by atoms with Crippen LogP contribution in [0.25, 0.3) is 10.9 Å². The maximum Gasteiger partial charge on any atom is 0.252 e. The fourth-order valence-corrected chi connectivity index (χ4v) is 4.30. The smallest absolute Gasteiger partial charge is 0.252 e. The fourth-order valence-electron chi connectivity index (χ4n) is 4.30. The van der Waals surface area contributed by atoms with Crippen LogP contribution >= 0.6 is 0 Å². The van der Waals surface area contributed by atoms with Crippen LogP contribution in [0.15, 0.2) is 29.1 Å². The first-order valence-corrected chi connectivity index (χ1v) is 9.86. The predicted molar refractivity (Wildman–Crippen MR) is 105 cm³/mol. The minimum Gasteiger partial charge on any atom is -0.497 e. The second kappa shape index (κ2) is 7.72. The molecule has 1 saturated carbocycles. The van der Waals surface area contributed by atoms with Gasteiger partial charge in [0.15, 0.2) is 0 Å². The summed E-state index contributed by atoms with van der Waals surface area (Å²) >= 11 is 0. The highest BCUT2D eigenvalue weighted by Crippen LogP contribution is 2.28. The normalized spacial score (nSPS) is 20.5. The van der Waals surface area contributed by atoms with Crippen LogP contribution in [-0.2, 0) is 11.3 Å². The Morgan fingerprint density at radius 2 is 2.07 bits per heavy atom. The monoisotopic (exact) mass is 369 g/mol. The Bertz CT molecular complexity index is 886. The summed E-state index contributed by atoms with van der Waals surface area (Å²) in [6, 6.07) is 7.78. The van der Waals surface area contributed by atoms with E-state index in [0.29, 0.717) is 18.0 Å². The molecule has 1 aliphatic heterocycles. The lowest BCUT2D eigenvalue weighted by Gasteiger charge is -2.20. The van der Waals surface area contributed by atoms with Gasteiger partial charge in [0.2, 0.25) is 5.91 Å². The van der Waals surface area contributed by atoms with Crippen LogP contribution in [0.2, 0.25) is 0 Å². The third-order valence-electron chi connectivity index (χ3n) is 5.91. The maximum atomic E-state index is 12.6. The number of methoxy groups -OCH3 is 1. The van der Waals surface area contributed by atoms with Gasteiger partial charge in [-0.3, -0.25) is 9.59 Å². The van der Waals surface area contributed by atoms with Crippen molar-refractivity contribution in [2.24, 2.45) is 5.92 Å². The van der Waals surface area contributed by atoms with Gasteiger partial charge in [0, 0.05) is 48.1 Å². The van der Waals surface area contributed by atoms with Crippen molar-refractivity contribution in [1.82, 2.24) is 15.2 Å². The quantitative estimate of drug-likeness (QED) is 0.849. The number of likely N-dealkylation sites (tertiary alicyclic amines) is 1. The first-order valence-electron chi connectivity index (χ1n) is 9.86. The molecule has 27 heavy (non-hydrogen) atoms. The molecule has 1 amide bonds. The number of rotatable bonds is 5. The Morgan fingerprint density at radius 3 is 2.85 bits per heavy atom. The molecule has 0 radical (unpaired) electrons. The number of amides is 1. The van der Waals surface area contributed by atoms with E-state index in [0.717, 1.165) is 49.0 Å². The van der Waals surface area contributed by atoms with Gasteiger partial charge in [-0.2, -0.15) is 0 Å². The maximum absolute atomic E-state index is 12.6. The summed E-state index contributed by atoms with van der Waals surface area (Å²) in [4.78, 5) is 29.8. The number of aromatic amines is 1. The van der Waals surface area contributed by atoms with Crippen molar-refractivity contribution >= 4 is 16.8 Å². The Kier molecular flexibility index (Phi) is 5.16. The van der Waals surface area contributed by atoms with Crippen LogP contribution in [0.4, 0.5) is 0 Å². The van der Waals surface area contributed by atoms with Crippen molar-refractivity contribution in [2.75, 3.05) is 20.2 Å². The molecule has 6 nitrogen and oxygen atoms in total. The third-order valence-corrected chi connectivity index (χ3v) is 5.91. The van der Waals surface area contributed by atoms with Crippen LogP contribution in [0.3, 0.4) is 0 Å². The lowest BCUT2D eigenvalue weighted by atomic mass is 10.1. The van der Waals surface area contributed by atoms with Crippen molar-refractivity contribution in [3.05, 3.63) is 40.2 Å². The van der Waals surface area contributed by atoms with E-state index in [4.69, 9.17) is 4.74 Å². The van der Waals surface area contributed by atoms with E-state index in [2.05, 4.69) is 10.3 Å². The SMILES string of the molecule is COc1ccc2[nH]c(=O)c(CNC3CCN(C(=O)C4CCCC4)C3)cc2c1. The number of aromatic nitrogens is 1. The average Bonchev–Trinajstić information content (AvgIpc) is 3.37.